The van der Waals surface area contributed by atoms with Crippen LogP contribution in [0.25, 0.3) is 10.8 Å². The Labute approximate surface area is 105 Å². The monoisotopic (exact) mass is 246 g/mol. The van der Waals surface area contributed by atoms with Gasteiger partial charge in [0.25, 0.3) is 0 Å². The molecule has 0 aliphatic rings. The molecule has 0 saturated heterocycles. The second-order valence-electron chi connectivity index (χ2n) is 3.72. The fraction of sp³-hybridized carbons (Fsp3) is 0.154. The van der Waals surface area contributed by atoms with E-state index in [4.69, 9.17) is 0 Å². The lowest BCUT2D eigenvalue weighted by atomic mass is 10.1. The van der Waals surface area contributed by atoms with Gasteiger partial charge in [-0.1, -0.05) is 36.4 Å². The Kier molecular flexibility index (Phi) is 3.54. The van der Waals surface area contributed by atoms with Crippen LogP contribution in [-0.4, -0.2) is 13.1 Å². The number of fused-ring (bicyclic) bond motifs is 1. The van der Waals surface area contributed by atoms with Gasteiger partial charge in [-0.05, 0) is 35.2 Å². The molecule has 2 rings (SSSR count). The fourth-order valence-electron chi connectivity index (χ4n) is 1.64. The molecule has 2 amide bonds. The average molecular weight is 246 g/mol. The van der Waals surface area contributed by atoms with Gasteiger partial charge in [0.2, 0.25) is 0 Å². The summed E-state index contributed by atoms with van der Waals surface area (Å²) in [6.45, 7) is 2.04. The van der Waals surface area contributed by atoms with E-state index in [0.717, 1.165) is 15.8 Å². The molecule has 0 aliphatic heterocycles. The molecule has 17 heavy (non-hydrogen) atoms. The van der Waals surface area contributed by atoms with E-state index in [1.807, 2.05) is 19.1 Å². The van der Waals surface area contributed by atoms with Crippen molar-refractivity contribution in [1.82, 2.24) is 10.0 Å². The number of nitrogens with one attached hydrogen (secondary N) is 2. The second-order valence-corrected chi connectivity index (χ2v) is 4.53. The summed E-state index contributed by atoms with van der Waals surface area (Å²) in [4.78, 5) is 12.3. The van der Waals surface area contributed by atoms with Crippen molar-refractivity contribution in [3.05, 3.63) is 42.0 Å². The third kappa shape index (κ3) is 2.53. The zero-order valence-electron chi connectivity index (χ0n) is 9.78. The molecular formula is C13H14N2OS. The highest BCUT2D eigenvalue weighted by molar-refractivity contribution is 7.98. The topological polar surface area (TPSA) is 41.1 Å². The van der Waals surface area contributed by atoms with Crippen LogP contribution in [0.5, 0.6) is 0 Å². The van der Waals surface area contributed by atoms with Crippen LogP contribution in [-0.2, 0) is 0 Å². The lowest BCUT2D eigenvalue weighted by molar-refractivity contribution is 0.248. The molecule has 0 unspecified atom stereocenters. The number of rotatable bonds is 2. The number of amides is 2. The number of benzene rings is 2. The second kappa shape index (κ2) is 5.10. The van der Waals surface area contributed by atoms with Crippen LogP contribution in [0.2, 0.25) is 0 Å². The van der Waals surface area contributed by atoms with E-state index < -0.39 is 0 Å². The maximum atomic E-state index is 11.2. The molecule has 2 aromatic rings. The third-order valence-corrected chi connectivity index (χ3v) is 3.58. The number of carbonyl (C=O) groups is 1. The Bertz CT molecular complexity index is 554. The quantitative estimate of drug-likeness (QED) is 0.799. The number of urea groups is 1. The molecule has 2 aromatic carbocycles. The van der Waals surface area contributed by atoms with Crippen molar-refractivity contribution in [2.45, 2.75) is 11.8 Å². The first kappa shape index (κ1) is 11.8. The standard InChI is InChI=1S/C13H14N2OS/c1-9-7-8-10-5-3-4-6-11(10)12(9)17-15-13(16)14-2/h3-8H,1-2H3,(H2,14,15,16). The average Bonchev–Trinajstić information content (AvgIpc) is 2.37. The van der Waals surface area contributed by atoms with E-state index in [-0.39, 0.29) is 6.03 Å². The normalized spacial score (nSPS) is 10.2. The molecule has 0 radical (unpaired) electrons. The predicted molar refractivity (Wildman–Crippen MR) is 72.1 cm³/mol. The molecule has 4 heteroatoms. The van der Waals surface area contributed by atoms with E-state index in [9.17, 15) is 4.79 Å². The number of aryl methyl sites for hydroxylation is 1. The van der Waals surface area contributed by atoms with Crippen molar-refractivity contribution in [3.63, 3.8) is 0 Å². The van der Waals surface area contributed by atoms with E-state index >= 15 is 0 Å². The Hall–Kier alpha value is -1.68. The molecule has 0 atom stereocenters. The highest BCUT2D eigenvalue weighted by Gasteiger charge is 2.06. The maximum Gasteiger partial charge on any atom is 0.324 e. The molecule has 0 saturated carbocycles. The van der Waals surface area contributed by atoms with Gasteiger partial charge in [0.05, 0.1) is 0 Å². The number of carbonyl (C=O) groups excluding carboxylic acids is 1. The molecule has 0 heterocycles. The van der Waals surface area contributed by atoms with Gasteiger partial charge in [0.1, 0.15) is 0 Å². The van der Waals surface area contributed by atoms with Gasteiger partial charge in [0, 0.05) is 11.9 Å². The van der Waals surface area contributed by atoms with Crippen molar-refractivity contribution in [1.29, 1.82) is 0 Å². The largest absolute Gasteiger partial charge is 0.341 e. The van der Waals surface area contributed by atoms with Crippen molar-refractivity contribution >= 4 is 28.8 Å². The Morgan fingerprint density at radius 3 is 2.71 bits per heavy atom. The number of hydrogen-bond donors (Lipinski definition) is 2. The first-order chi connectivity index (χ1) is 8.22. The molecule has 88 valence electrons. The van der Waals surface area contributed by atoms with Gasteiger partial charge in [-0.3, -0.25) is 4.72 Å². The van der Waals surface area contributed by atoms with Crippen LogP contribution in [0.15, 0.2) is 41.3 Å². The molecular weight excluding hydrogens is 232 g/mol. The molecule has 3 nitrogen and oxygen atoms in total. The lowest BCUT2D eigenvalue weighted by Crippen LogP contribution is -2.27. The maximum absolute atomic E-state index is 11.2. The van der Waals surface area contributed by atoms with Crippen molar-refractivity contribution in [3.8, 4) is 0 Å². The number of hydrogen-bond acceptors (Lipinski definition) is 2. The van der Waals surface area contributed by atoms with Gasteiger partial charge in [-0.15, -0.1) is 0 Å². The van der Waals surface area contributed by atoms with Crippen LogP contribution in [0.1, 0.15) is 5.56 Å². The van der Waals surface area contributed by atoms with E-state index in [1.54, 1.807) is 7.05 Å². The third-order valence-electron chi connectivity index (χ3n) is 2.55. The summed E-state index contributed by atoms with van der Waals surface area (Å²) in [5.41, 5.74) is 1.16. The van der Waals surface area contributed by atoms with Crippen LogP contribution in [0.4, 0.5) is 4.79 Å². The minimum Gasteiger partial charge on any atom is -0.341 e. The van der Waals surface area contributed by atoms with Crippen LogP contribution < -0.4 is 10.0 Å². The van der Waals surface area contributed by atoms with Gasteiger partial charge in [0.15, 0.2) is 0 Å². The zero-order chi connectivity index (χ0) is 12.3. The highest BCUT2D eigenvalue weighted by atomic mass is 32.2. The van der Waals surface area contributed by atoms with Crippen molar-refractivity contribution in [2.75, 3.05) is 7.05 Å². The highest BCUT2D eigenvalue weighted by Crippen LogP contribution is 2.29. The first-order valence-corrected chi connectivity index (χ1v) is 6.17. The minimum atomic E-state index is -0.192. The molecule has 0 aromatic heterocycles. The minimum absolute atomic E-state index is 0.192. The smallest absolute Gasteiger partial charge is 0.324 e. The van der Waals surface area contributed by atoms with Crippen molar-refractivity contribution in [2.24, 2.45) is 0 Å². The van der Waals surface area contributed by atoms with Crippen LogP contribution in [0.3, 0.4) is 0 Å². The lowest BCUT2D eigenvalue weighted by Gasteiger charge is -2.10. The molecule has 0 aliphatic carbocycles. The summed E-state index contributed by atoms with van der Waals surface area (Å²) < 4.78 is 2.75. The molecule has 0 fully saturated rings. The van der Waals surface area contributed by atoms with Crippen LogP contribution >= 0.6 is 11.9 Å². The summed E-state index contributed by atoms with van der Waals surface area (Å²) in [7, 11) is 1.60. The summed E-state index contributed by atoms with van der Waals surface area (Å²) >= 11 is 1.35. The Morgan fingerprint density at radius 1 is 1.18 bits per heavy atom. The molecule has 2 N–H and O–H groups in total. The fourth-order valence-corrected chi connectivity index (χ4v) is 2.46. The predicted octanol–water partition coefficient (Wildman–Crippen LogP) is 3.08. The Morgan fingerprint density at radius 2 is 1.94 bits per heavy atom. The summed E-state index contributed by atoms with van der Waals surface area (Å²) in [6.07, 6.45) is 0. The van der Waals surface area contributed by atoms with Gasteiger partial charge >= 0.3 is 6.03 Å². The van der Waals surface area contributed by atoms with Crippen molar-refractivity contribution < 1.29 is 4.79 Å². The molecule has 0 spiro atoms. The Balaban J connectivity index is 2.37. The summed E-state index contributed by atoms with van der Waals surface area (Å²) in [6, 6.07) is 12.1. The first-order valence-electron chi connectivity index (χ1n) is 5.35. The molecule has 0 bridgehead atoms. The van der Waals surface area contributed by atoms with Gasteiger partial charge < -0.3 is 5.32 Å². The van der Waals surface area contributed by atoms with Gasteiger partial charge in [-0.25, -0.2) is 4.79 Å². The van der Waals surface area contributed by atoms with E-state index in [2.05, 4.69) is 34.3 Å². The van der Waals surface area contributed by atoms with Gasteiger partial charge in [-0.2, -0.15) is 0 Å². The van der Waals surface area contributed by atoms with E-state index in [0.29, 0.717) is 0 Å². The van der Waals surface area contributed by atoms with E-state index in [1.165, 1.54) is 17.3 Å². The zero-order valence-corrected chi connectivity index (χ0v) is 10.6. The SMILES string of the molecule is CNC(=O)NSc1c(C)ccc2ccccc12. The summed E-state index contributed by atoms with van der Waals surface area (Å²) in [5.74, 6) is 0. The summed E-state index contributed by atoms with van der Waals surface area (Å²) in [5, 5.41) is 4.87. The van der Waals surface area contributed by atoms with Crippen LogP contribution in [0, 0.1) is 6.92 Å².